The fraction of sp³-hybridized carbons (Fsp3) is 0.417. The van der Waals surface area contributed by atoms with E-state index in [0.29, 0.717) is 17.2 Å². The Morgan fingerprint density at radius 2 is 2.25 bits per heavy atom. The van der Waals surface area contributed by atoms with Crippen LogP contribution in [0.3, 0.4) is 0 Å². The highest BCUT2D eigenvalue weighted by atomic mass is 16.1. The van der Waals surface area contributed by atoms with Crippen molar-refractivity contribution in [3.05, 3.63) is 23.8 Å². The first kappa shape index (κ1) is 10.8. The first-order valence-electron chi connectivity index (χ1n) is 5.52. The molecule has 0 aliphatic carbocycles. The molecule has 86 valence electrons. The summed E-state index contributed by atoms with van der Waals surface area (Å²) in [7, 11) is 0. The molecule has 0 radical (unpaired) electrons. The van der Waals surface area contributed by atoms with Crippen LogP contribution in [0.1, 0.15) is 23.7 Å². The minimum Gasteiger partial charge on any atom is -0.398 e. The lowest BCUT2D eigenvalue weighted by molar-refractivity contribution is 0.100. The average molecular weight is 219 g/mol. The van der Waals surface area contributed by atoms with Crippen molar-refractivity contribution >= 4 is 17.3 Å². The van der Waals surface area contributed by atoms with E-state index in [2.05, 4.69) is 11.8 Å². The summed E-state index contributed by atoms with van der Waals surface area (Å²) in [5, 5.41) is 0. The van der Waals surface area contributed by atoms with Gasteiger partial charge < -0.3 is 16.4 Å². The molecule has 4 N–H and O–H groups in total. The molecule has 1 aromatic rings. The van der Waals surface area contributed by atoms with Crippen LogP contribution < -0.4 is 16.4 Å². The molecule has 0 saturated carbocycles. The van der Waals surface area contributed by atoms with Crippen molar-refractivity contribution in [1.29, 1.82) is 0 Å². The molecule has 0 bridgehead atoms. The van der Waals surface area contributed by atoms with E-state index in [4.69, 9.17) is 11.5 Å². The second-order valence-corrected chi connectivity index (χ2v) is 4.48. The zero-order valence-electron chi connectivity index (χ0n) is 9.44. The van der Waals surface area contributed by atoms with Crippen LogP contribution in [0.2, 0.25) is 0 Å². The molecular formula is C12H17N3O. The van der Waals surface area contributed by atoms with E-state index in [1.807, 2.05) is 6.07 Å². The first-order chi connectivity index (χ1) is 7.58. The Morgan fingerprint density at radius 3 is 2.81 bits per heavy atom. The van der Waals surface area contributed by atoms with E-state index in [-0.39, 0.29) is 0 Å². The van der Waals surface area contributed by atoms with Gasteiger partial charge in [0, 0.05) is 24.5 Å². The molecule has 0 spiro atoms. The number of carbonyl (C=O) groups excluding carboxylic acids is 1. The molecule has 4 nitrogen and oxygen atoms in total. The summed E-state index contributed by atoms with van der Waals surface area (Å²) in [6.07, 6.45) is 1.19. The van der Waals surface area contributed by atoms with Gasteiger partial charge in [-0.25, -0.2) is 0 Å². The molecule has 16 heavy (non-hydrogen) atoms. The summed E-state index contributed by atoms with van der Waals surface area (Å²) in [6.45, 7) is 4.29. The number of nitrogen functional groups attached to an aromatic ring is 1. The molecule has 1 amide bonds. The van der Waals surface area contributed by atoms with Gasteiger partial charge in [-0.15, -0.1) is 0 Å². The number of nitrogens with zero attached hydrogens (tertiary/aromatic N) is 1. The van der Waals surface area contributed by atoms with Gasteiger partial charge in [-0.05, 0) is 30.5 Å². The second kappa shape index (κ2) is 4.04. The standard InChI is InChI=1S/C12H17N3O/c1-8-4-5-15(7-8)9-2-3-11(13)10(6-9)12(14)16/h2-3,6,8H,4-5,7,13H2,1H3,(H2,14,16). The molecule has 1 saturated heterocycles. The normalized spacial score (nSPS) is 20.1. The maximum absolute atomic E-state index is 11.2. The number of nitrogens with two attached hydrogens (primary N) is 2. The quantitative estimate of drug-likeness (QED) is 0.734. The molecule has 1 aromatic carbocycles. The van der Waals surface area contributed by atoms with Crippen molar-refractivity contribution in [1.82, 2.24) is 0 Å². The van der Waals surface area contributed by atoms with E-state index in [9.17, 15) is 4.79 Å². The fourth-order valence-electron chi connectivity index (χ4n) is 2.12. The highest BCUT2D eigenvalue weighted by Gasteiger charge is 2.19. The highest BCUT2D eigenvalue weighted by Crippen LogP contribution is 2.26. The third-order valence-corrected chi connectivity index (χ3v) is 3.09. The van der Waals surface area contributed by atoms with Gasteiger partial charge in [0.25, 0.3) is 5.91 Å². The van der Waals surface area contributed by atoms with Gasteiger partial charge in [0.2, 0.25) is 0 Å². The lowest BCUT2D eigenvalue weighted by Gasteiger charge is -2.19. The van der Waals surface area contributed by atoms with Crippen LogP contribution in [0.25, 0.3) is 0 Å². The van der Waals surface area contributed by atoms with Crippen molar-refractivity contribution in [3.63, 3.8) is 0 Å². The number of carbonyl (C=O) groups is 1. The Kier molecular flexibility index (Phi) is 2.73. The number of primary amides is 1. The topological polar surface area (TPSA) is 72.3 Å². The van der Waals surface area contributed by atoms with Crippen LogP contribution in [0.15, 0.2) is 18.2 Å². The van der Waals surface area contributed by atoms with E-state index < -0.39 is 5.91 Å². The fourth-order valence-corrected chi connectivity index (χ4v) is 2.12. The monoisotopic (exact) mass is 219 g/mol. The third-order valence-electron chi connectivity index (χ3n) is 3.09. The van der Waals surface area contributed by atoms with Crippen molar-refractivity contribution in [2.45, 2.75) is 13.3 Å². The predicted molar refractivity (Wildman–Crippen MR) is 65.4 cm³/mol. The van der Waals surface area contributed by atoms with Crippen molar-refractivity contribution in [2.75, 3.05) is 23.7 Å². The number of benzene rings is 1. The largest absolute Gasteiger partial charge is 0.398 e. The molecule has 1 aliphatic rings. The molecule has 0 aromatic heterocycles. The van der Waals surface area contributed by atoms with E-state index in [1.165, 1.54) is 6.42 Å². The summed E-state index contributed by atoms with van der Waals surface area (Å²) in [6, 6.07) is 5.48. The molecule has 4 heteroatoms. The zero-order valence-corrected chi connectivity index (χ0v) is 9.44. The van der Waals surface area contributed by atoms with Gasteiger partial charge >= 0.3 is 0 Å². The van der Waals surface area contributed by atoms with Crippen molar-refractivity contribution in [2.24, 2.45) is 11.7 Å². The Labute approximate surface area is 95.2 Å². The number of amides is 1. The highest BCUT2D eigenvalue weighted by molar-refractivity contribution is 5.99. The number of rotatable bonds is 2. The molecule has 1 fully saturated rings. The van der Waals surface area contributed by atoms with Gasteiger partial charge in [0.15, 0.2) is 0 Å². The smallest absolute Gasteiger partial charge is 0.250 e. The van der Waals surface area contributed by atoms with Gasteiger partial charge in [0.05, 0.1) is 5.56 Å². The van der Waals surface area contributed by atoms with Gasteiger partial charge in [0.1, 0.15) is 0 Å². The van der Waals surface area contributed by atoms with E-state index >= 15 is 0 Å². The Hall–Kier alpha value is -1.71. The summed E-state index contributed by atoms with van der Waals surface area (Å²) < 4.78 is 0. The summed E-state index contributed by atoms with van der Waals surface area (Å²) in [4.78, 5) is 13.4. The first-order valence-corrected chi connectivity index (χ1v) is 5.52. The Morgan fingerprint density at radius 1 is 1.50 bits per heavy atom. The van der Waals surface area contributed by atoms with E-state index in [0.717, 1.165) is 18.8 Å². The summed E-state index contributed by atoms with van der Waals surface area (Å²) >= 11 is 0. The maximum Gasteiger partial charge on any atom is 0.250 e. The van der Waals surface area contributed by atoms with Crippen LogP contribution in [0, 0.1) is 5.92 Å². The molecular weight excluding hydrogens is 202 g/mol. The van der Waals surface area contributed by atoms with Crippen LogP contribution in [-0.2, 0) is 0 Å². The van der Waals surface area contributed by atoms with Gasteiger partial charge in [-0.1, -0.05) is 6.92 Å². The maximum atomic E-state index is 11.2. The minimum atomic E-state index is -0.466. The van der Waals surface area contributed by atoms with E-state index in [1.54, 1.807) is 12.1 Å². The van der Waals surface area contributed by atoms with Crippen LogP contribution in [0.4, 0.5) is 11.4 Å². The molecule has 1 unspecified atom stereocenters. The van der Waals surface area contributed by atoms with Crippen molar-refractivity contribution in [3.8, 4) is 0 Å². The third kappa shape index (κ3) is 1.96. The van der Waals surface area contributed by atoms with Gasteiger partial charge in [-0.2, -0.15) is 0 Å². The predicted octanol–water partition coefficient (Wildman–Crippen LogP) is 1.21. The minimum absolute atomic E-state index is 0.414. The number of hydrogen-bond acceptors (Lipinski definition) is 3. The lowest BCUT2D eigenvalue weighted by Crippen LogP contribution is -2.20. The zero-order chi connectivity index (χ0) is 11.7. The number of anilines is 2. The molecule has 1 heterocycles. The summed E-state index contributed by atoms with van der Waals surface area (Å²) in [5.74, 6) is 0.237. The molecule has 1 aliphatic heterocycles. The van der Waals surface area contributed by atoms with Crippen LogP contribution >= 0.6 is 0 Å². The average Bonchev–Trinajstić information content (AvgIpc) is 2.65. The Bertz CT molecular complexity index is 417. The van der Waals surface area contributed by atoms with Gasteiger partial charge in [-0.3, -0.25) is 4.79 Å². The molecule has 1 atom stereocenters. The lowest BCUT2D eigenvalue weighted by atomic mass is 10.1. The SMILES string of the molecule is CC1CCN(c2ccc(N)c(C(N)=O)c2)C1. The Balaban J connectivity index is 2.29. The number of hydrogen-bond donors (Lipinski definition) is 2. The van der Waals surface area contributed by atoms with Crippen LogP contribution in [0.5, 0.6) is 0 Å². The second-order valence-electron chi connectivity index (χ2n) is 4.48. The molecule has 2 rings (SSSR count). The van der Waals surface area contributed by atoms with Crippen LogP contribution in [-0.4, -0.2) is 19.0 Å². The summed E-state index contributed by atoms with van der Waals surface area (Å²) in [5.41, 5.74) is 12.9. The van der Waals surface area contributed by atoms with Crippen molar-refractivity contribution < 1.29 is 4.79 Å².